The van der Waals surface area contributed by atoms with E-state index in [4.69, 9.17) is 33.8 Å². The van der Waals surface area contributed by atoms with E-state index >= 15 is 0 Å². The zero-order valence-corrected chi connectivity index (χ0v) is 27.6. The Balaban J connectivity index is 1.13. The number of rotatable bonds is 6. The smallest absolute Gasteiger partial charge is 0.227 e. The molecule has 0 aliphatic heterocycles. The molecule has 10 rings (SSSR count). The number of para-hydroxylation sites is 4. The number of hydrogen-bond acceptors (Lipinski definition) is 7. The quantitative estimate of drug-likeness (QED) is 0.174. The summed E-state index contributed by atoms with van der Waals surface area (Å²) in [6.07, 6.45) is 0. The van der Waals surface area contributed by atoms with Crippen LogP contribution in [0.25, 0.3) is 101 Å². The summed E-state index contributed by atoms with van der Waals surface area (Å²) in [4.78, 5) is 24.7. The Bertz CT molecular complexity index is 2750. The molecule has 0 unspecified atom stereocenters. The molecule has 0 aliphatic rings. The summed E-state index contributed by atoms with van der Waals surface area (Å²) < 4.78 is 12.5. The SMILES string of the molecule is c1ccc(-c2nc(-c3ccc(-c4ccc5ccccc5c4)cc3)nc(-c3cc(-c4nc5ccccc5o4)cc(-c4nc5ccccc5o4)c3)n2)cc1. The molecule has 10 aromatic rings. The number of nitrogens with zero attached hydrogens (tertiary/aromatic N) is 5. The van der Waals surface area contributed by atoms with Crippen LogP contribution in [-0.2, 0) is 0 Å². The lowest BCUT2D eigenvalue weighted by atomic mass is 10.00. The number of aromatic nitrogens is 5. The topological polar surface area (TPSA) is 90.7 Å². The third kappa shape index (κ3) is 5.47. The molecule has 0 aliphatic carbocycles. The molecule has 244 valence electrons. The first-order valence-electron chi connectivity index (χ1n) is 17.0. The van der Waals surface area contributed by atoms with E-state index in [9.17, 15) is 0 Å². The van der Waals surface area contributed by atoms with Crippen LogP contribution >= 0.6 is 0 Å². The van der Waals surface area contributed by atoms with Gasteiger partial charge in [-0.25, -0.2) is 24.9 Å². The highest BCUT2D eigenvalue weighted by Gasteiger charge is 2.19. The average molecular weight is 670 g/mol. The highest BCUT2D eigenvalue weighted by atomic mass is 16.4. The number of fused-ring (bicyclic) bond motifs is 3. The molecular formula is C45H27N5O2. The van der Waals surface area contributed by atoms with Crippen molar-refractivity contribution in [3.05, 3.63) is 164 Å². The Labute approximate surface area is 298 Å². The molecule has 7 aromatic carbocycles. The van der Waals surface area contributed by atoms with Gasteiger partial charge in [0.2, 0.25) is 11.8 Å². The minimum Gasteiger partial charge on any atom is -0.436 e. The fraction of sp³-hybridized carbons (Fsp3) is 0. The van der Waals surface area contributed by atoms with Gasteiger partial charge in [-0.1, -0.05) is 115 Å². The standard InChI is InChI=1S/C45H27N5O2/c1-2-11-30(12-3-1)41-48-42(31-21-18-29(19-22-31)33-23-20-28-10-4-5-13-32(28)24-33)50-43(49-41)34-25-35(44-46-37-14-6-8-16-39(37)51-44)27-36(26-34)45-47-38-15-7-9-17-40(38)52-45/h1-27H. The van der Waals surface area contributed by atoms with Gasteiger partial charge >= 0.3 is 0 Å². The van der Waals surface area contributed by atoms with Crippen LogP contribution in [-0.4, -0.2) is 24.9 Å². The molecule has 52 heavy (non-hydrogen) atoms. The molecular weight excluding hydrogens is 643 g/mol. The van der Waals surface area contributed by atoms with E-state index in [-0.39, 0.29) is 0 Å². The summed E-state index contributed by atoms with van der Waals surface area (Å²) in [5.74, 6) is 2.57. The summed E-state index contributed by atoms with van der Waals surface area (Å²) in [5.41, 5.74) is 9.19. The van der Waals surface area contributed by atoms with Crippen molar-refractivity contribution in [1.82, 2.24) is 24.9 Å². The summed E-state index contributed by atoms with van der Waals surface area (Å²) in [6, 6.07) is 54.7. The zero-order valence-electron chi connectivity index (χ0n) is 27.6. The molecule has 0 radical (unpaired) electrons. The molecule has 7 heteroatoms. The van der Waals surface area contributed by atoms with Crippen molar-refractivity contribution in [3.8, 4) is 68.2 Å². The van der Waals surface area contributed by atoms with Crippen molar-refractivity contribution >= 4 is 33.0 Å². The molecule has 0 spiro atoms. The molecule has 0 N–H and O–H groups in total. The maximum atomic E-state index is 6.24. The van der Waals surface area contributed by atoms with Crippen molar-refractivity contribution in [2.75, 3.05) is 0 Å². The number of oxazole rings is 2. The Hall–Kier alpha value is -7.25. The van der Waals surface area contributed by atoms with Crippen molar-refractivity contribution in [2.24, 2.45) is 0 Å². The second-order valence-electron chi connectivity index (χ2n) is 12.6. The van der Waals surface area contributed by atoms with Crippen molar-refractivity contribution in [3.63, 3.8) is 0 Å². The first-order chi connectivity index (χ1) is 25.7. The third-order valence-corrected chi connectivity index (χ3v) is 9.17. The van der Waals surface area contributed by atoms with Gasteiger partial charge in [-0.2, -0.15) is 0 Å². The minimum atomic E-state index is 0.474. The number of hydrogen-bond donors (Lipinski definition) is 0. The zero-order chi connectivity index (χ0) is 34.4. The van der Waals surface area contributed by atoms with Crippen LogP contribution in [0, 0.1) is 0 Å². The van der Waals surface area contributed by atoms with E-state index in [1.54, 1.807) is 0 Å². The molecule has 3 heterocycles. The third-order valence-electron chi connectivity index (χ3n) is 9.17. The first-order valence-corrected chi connectivity index (χ1v) is 17.0. The lowest BCUT2D eigenvalue weighted by Gasteiger charge is -2.11. The summed E-state index contributed by atoms with van der Waals surface area (Å²) in [7, 11) is 0. The van der Waals surface area contributed by atoms with E-state index in [1.807, 2.05) is 97.1 Å². The molecule has 3 aromatic heterocycles. The van der Waals surface area contributed by atoms with Gasteiger partial charge in [-0.05, 0) is 70.4 Å². The molecule has 0 fully saturated rings. The van der Waals surface area contributed by atoms with Crippen LogP contribution in [0.4, 0.5) is 0 Å². The van der Waals surface area contributed by atoms with E-state index in [0.29, 0.717) is 40.4 Å². The van der Waals surface area contributed by atoms with Gasteiger partial charge in [0.1, 0.15) is 11.0 Å². The normalized spacial score (nSPS) is 11.5. The van der Waals surface area contributed by atoms with Gasteiger partial charge in [0.15, 0.2) is 28.6 Å². The van der Waals surface area contributed by atoms with Gasteiger partial charge in [0.25, 0.3) is 0 Å². The van der Waals surface area contributed by atoms with Gasteiger partial charge in [-0.15, -0.1) is 0 Å². The monoisotopic (exact) mass is 669 g/mol. The molecule has 0 atom stereocenters. The molecule has 0 bridgehead atoms. The second kappa shape index (κ2) is 12.3. The maximum absolute atomic E-state index is 6.24. The highest BCUT2D eigenvalue weighted by Crippen LogP contribution is 2.35. The van der Waals surface area contributed by atoms with Gasteiger partial charge in [0.05, 0.1) is 0 Å². The molecule has 7 nitrogen and oxygen atoms in total. The lowest BCUT2D eigenvalue weighted by molar-refractivity contribution is 0.617. The summed E-state index contributed by atoms with van der Waals surface area (Å²) in [5, 5.41) is 2.42. The molecule has 0 saturated heterocycles. The lowest BCUT2D eigenvalue weighted by Crippen LogP contribution is -2.00. The molecule has 0 amide bonds. The largest absolute Gasteiger partial charge is 0.436 e. The predicted octanol–water partition coefficient (Wildman–Crippen LogP) is 11.3. The predicted molar refractivity (Wildman–Crippen MR) is 205 cm³/mol. The van der Waals surface area contributed by atoms with Gasteiger partial charge in [-0.3, -0.25) is 0 Å². The van der Waals surface area contributed by atoms with Crippen molar-refractivity contribution < 1.29 is 8.83 Å². The van der Waals surface area contributed by atoms with E-state index in [2.05, 4.69) is 66.7 Å². The number of benzene rings is 7. The maximum Gasteiger partial charge on any atom is 0.227 e. The van der Waals surface area contributed by atoms with Crippen LogP contribution in [0.3, 0.4) is 0 Å². The van der Waals surface area contributed by atoms with Crippen LogP contribution in [0.1, 0.15) is 0 Å². The first kappa shape index (κ1) is 29.6. The fourth-order valence-corrected chi connectivity index (χ4v) is 6.53. The Morgan fingerprint density at radius 1 is 0.288 bits per heavy atom. The van der Waals surface area contributed by atoms with Crippen LogP contribution in [0.15, 0.2) is 173 Å². The Morgan fingerprint density at radius 3 is 1.37 bits per heavy atom. The summed E-state index contributed by atoms with van der Waals surface area (Å²) in [6.45, 7) is 0. The summed E-state index contributed by atoms with van der Waals surface area (Å²) >= 11 is 0. The van der Waals surface area contributed by atoms with Crippen molar-refractivity contribution in [2.45, 2.75) is 0 Å². The Morgan fingerprint density at radius 2 is 0.750 bits per heavy atom. The van der Waals surface area contributed by atoms with E-state index in [1.165, 1.54) is 10.8 Å². The van der Waals surface area contributed by atoms with Crippen LogP contribution in [0.5, 0.6) is 0 Å². The van der Waals surface area contributed by atoms with Gasteiger partial charge in [0, 0.05) is 27.8 Å². The van der Waals surface area contributed by atoms with Crippen LogP contribution in [0.2, 0.25) is 0 Å². The second-order valence-corrected chi connectivity index (χ2v) is 12.6. The fourth-order valence-electron chi connectivity index (χ4n) is 6.53. The highest BCUT2D eigenvalue weighted by molar-refractivity contribution is 5.88. The van der Waals surface area contributed by atoms with Crippen molar-refractivity contribution in [1.29, 1.82) is 0 Å². The Kier molecular flexibility index (Phi) is 6.99. The van der Waals surface area contributed by atoms with Gasteiger partial charge < -0.3 is 8.83 Å². The average Bonchev–Trinajstić information content (AvgIpc) is 3.86. The van der Waals surface area contributed by atoms with E-state index < -0.39 is 0 Å². The van der Waals surface area contributed by atoms with Crippen LogP contribution < -0.4 is 0 Å². The molecule has 0 saturated carbocycles. The minimum absolute atomic E-state index is 0.474. The van der Waals surface area contributed by atoms with E-state index in [0.717, 1.165) is 50.0 Å².